The van der Waals surface area contributed by atoms with Gasteiger partial charge in [-0.1, -0.05) is 53.4 Å². The molecule has 4 rings (SSSR count). The lowest BCUT2D eigenvalue weighted by Crippen LogP contribution is -2.05. The molecule has 0 saturated carbocycles. The summed E-state index contributed by atoms with van der Waals surface area (Å²) in [7, 11) is 0. The predicted molar refractivity (Wildman–Crippen MR) is 120 cm³/mol. The summed E-state index contributed by atoms with van der Waals surface area (Å²) in [5.74, 6) is -0.0621. The van der Waals surface area contributed by atoms with Crippen molar-refractivity contribution in [2.24, 2.45) is 0 Å². The first kappa shape index (κ1) is 20.3. The van der Waals surface area contributed by atoms with Crippen LogP contribution in [0.3, 0.4) is 0 Å². The Bertz CT molecular complexity index is 1190. The van der Waals surface area contributed by atoms with E-state index in [0.29, 0.717) is 20.7 Å². The highest BCUT2D eigenvalue weighted by Crippen LogP contribution is 2.30. The molecule has 1 N–H and O–H groups in total. The number of rotatable bonds is 7. The minimum atomic E-state index is -0.356. The van der Waals surface area contributed by atoms with E-state index in [1.165, 1.54) is 29.2 Å². The Kier molecular flexibility index (Phi) is 5.96. The van der Waals surface area contributed by atoms with Crippen LogP contribution in [0.2, 0.25) is 0 Å². The maximum atomic E-state index is 13.8. The first-order valence-electron chi connectivity index (χ1n) is 9.28. The highest BCUT2D eigenvalue weighted by Gasteiger charge is 2.18. The standard InChI is InChI=1S/C22H19FN4OS2/c1-14-12-17(15(2)27(14)16-8-4-3-5-9-16)20(28)13-29-22-26-25-21(30-22)24-19-11-7-6-10-18(19)23/h3-12H,13H2,1-2H3,(H,24,25). The van der Waals surface area contributed by atoms with Crippen molar-refractivity contribution in [2.45, 2.75) is 18.2 Å². The van der Waals surface area contributed by atoms with Gasteiger partial charge in [0.15, 0.2) is 10.1 Å². The molecule has 2 aromatic carbocycles. The van der Waals surface area contributed by atoms with E-state index in [9.17, 15) is 9.18 Å². The number of para-hydroxylation sites is 2. The van der Waals surface area contributed by atoms with Crippen LogP contribution in [0.1, 0.15) is 21.7 Å². The van der Waals surface area contributed by atoms with Crippen molar-refractivity contribution < 1.29 is 9.18 Å². The molecule has 0 radical (unpaired) electrons. The van der Waals surface area contributed by atoms with Gasteiger partial charge < -0.3 is 9.88 Å². The number of Topliss-reactive ketones (excluding diaryl/α,β-unsaturated/α-hetero) is 1. The zero-order valence-corrected chi connectivity index (χ0v) is 18.1. The van der Waals surface area contributed by atoms with Crippen LogP contribution >= 0.6 is 23.1 Å². The summed E-state index contributed by atoms with van der Waals surface area (Å²) in [5.41, 5.74) is 4.02. The fourth-order valence-electron chi connectivity index (χ4n) is 3.22. The van der Waals surface area contributed by atoms with Crippen LogP contribution in [0.25, 0.3) is 5.69 Å². The molecule has 0 fully saturated rings. The third-order valence-corrected chi connectivity index (χ3v) is 6.57. The van der Waals surface area contributed by atoms with Gasteiger partial charge in [0.05, 0.1) is 11.4 Å². The van der Waals surface area contributed by atoms with Gasteiger partial charge in [0.25, 0.3) is 0 Å². The maximum Gasteiger partial charge on any atom is 0.210 e. The quantitative estimate of drug-likeness (QED) is 0.292. The molecule has 5 nitrogen and oxygen atoms in total. The third-order valence-electron chi connectivity index (χ3n) is 4.59. The van der Waals surface area contributed by atoms with E-state index in [2.05, 4.69) is 20.1 Å². The molecule has 30 heavy (non-hydrogen) atoms. The van der Waals surface area contributed by atoms with Crippen molar-refractivity contribution in [1.82, 2.24) is 14.8 Å². The van der Waals surface area contributed by atoms with Crippen LogP contribution < -0.4 is 5.32 Å². The monoisotopic (exact) mass is 438 g/mol. The molecule has 0 spiro atoms. The molecule has 0 bridgehead atoms. The third kappa shape index (κ3) is 4.29. The Morgan fingerprint density at radius 1 is 1.10 bits per heavy atom. The van der Waals surface area contributed by atoms with Crippen molar-refractivity contribution in [3.05, 3.63) is 83.4 Å². The van der Waals surface area contributed by atoms with Crippen molar-refractivity contribution in [1.29, 1.82) is 0 Å². The van der Waals surface area contributed by atoms with Crippen LogP contribution in [0.15, 0.2) is 65.0 Å². The van der Waals surface area contributed by atoms with E-state index in [1.807, 2.05) is 50.2 Å². The molecule has 0 aliphatic rings. The zero-order chi connectivity index (χ0) is 21.1. The summed E-state index contributed by atoms with van der Waals surface area (Å²) >= 11 is 2.62. The molecule has 0 aliphatic heterocycles. The van der Waals surface area contributed by atoms with Gasteiger partial charge in [-0.3, -0.25) is 4.79 Å². The summed E-state index contributed by atoms with van der Waals surface area (Å²) in [6, 6.07) is 18.3. The average Bonchev–Trinajstić information content (AvgIpc) is 3.32. The fraction of sp³-hybridized carbons (Fsp3) is 0.136. The Balaban J connectivity index is 1.43. The second kappa shape index (κ2) is 8.81. The first-order chi connectivity index (χ1) is 14.5. The summed E-state index contributed by atoms with van der Waals surface area (Å²) in [6.45, 7) is 3.95. The zero-order valence-electron chi connectivity index (χ0n) is 16.4. The highest BCUT2D eigenvalue weighted by molar-refractivity contribution is 8.01. The van der Waals surface area contributed by atoms with Crippen LogP contribution in [0, 0.1) is 19.7 Å². The molecule has 0 unspecified atom stereocenters. The van der Waals surface area contributed by atoms with Crippen LogP contribution in [0.5, 0.6) is 0 Å². The van der Waals surface area contributed by atoms with Gasteiger partial charge in [0.1, 0.15) is 5.82 Å². The van der Waals surface area contributed by atoms with Crippen LogP contribution in [-0.4, -0.2) is 26.3 Å². The number of halogens is 1. The molecule has 2 heterocycles. The summed E-state index contributed by atoms with van der Waals surface area (Å²) in [5, 5.41) is 11.5. The minimum Gasteiger partial charge on any atom is -0.328 e. The summed E-state index contributed by atoms with van der Waals surface area (Å²) < 4.78 is 16.5. The highest BCUT2D eigenvalue weighted by atomic mass is 32.2. The van der Waals surface area contributed by atoms with Gasteiger partial charge in [0, 0.05) is 22.6 Å². The number of hydrogen-bond donors (Lipinski definition) is 1. The van der Waals surface area contributed by atoms with Crippen molar-refractivity contribution >= 4 is 39.7 Å². The summed E-state index contributed by atoms with van der Waals surface area (Å²) in [4.78, 5) is 12.8. The van der Waals surface area contributed by atoms with Crippen LogP contribution in [0.4, 0.5) is 15.2 Å². The first-order valence-corrected chi connectivity index (χ1v) is 11.1. The smallest absolute Gasteiger partial charge is 0.210 e. The Morgan fingerprint density at radius 2 is 1.83 bits per heavy atom. The van der Waals surface area contributed by atoms with E-state index in [4.69, 9.17) is 0 Å². The van der Waals surface area contributed by atoms with E-state index in [-0.39, 0.29) is 17.4 Å². The van der Waals surface area contributed by atoms with Gasteiger partial charge in [-0.25, -0.2) is 4.39 Å². The van der Waals surface area contributed by atoms with E-state index < -0.39 is 0 Å². The Hall–Kier alpha value is -2.97. The average molecular weight is 439 g/mol. The lowest BCUT2D eigenvalue weighted by Gasteiger charge is -2.09. The van der Waals surface area contributed by atoms with Crippen molar-refractivity contribution in [2.75, 3.05) is 11.1 Å². The number of nitrogens with one attached hydrogen (secondary N) is 1. The van der Waals surface area contributed by atoms with Gasteiger partial charge >= 0.3 is 0 Å². The molecule has 152 valence electrons. The molecule has 4 aromatic rings. The maximum absolute atomic E-state index is 13.8. The SMILES string of the molecule is Cc1cc(C(=O)CSc2nnc(Nc3ccccc3F)s2)c(C)n1-c1ccccc1. The largest absolute Gasteiger partial charge is 0.328 e. The number of aryl methyl sites for hydroxylation is 1. The Morgan fingerprint density at radius 3 is 2.60 bits per heavy atom. The van der Waals surface area contributed by atoms with Gasteiger partial charge in [-0.15, -0.1) is 10.2 Å². The number of ketones is 1. The lowest BCUT2D eigenvalue weighted by atomic mass is 10.2. The van der Waals surface area contributed by atoms with Crippen LogP contribution in [-0.2, 0) is 0 Å². The molecular weight excluding hydrogens is 419 g/mol. The van der Waals surface area contributed by atoms with Gasteiger partial charge in [0.2, 0.25) is 5.13 Å². The number of thioether (sulfide) groups is 1. The second-order valence-electron chi connectivity index (χ2n) is 6.65. The number of carbonyl (C=O) groups excluding carboxylic acids is 1. The molecule has 0 saturated heterocycles. The summed E-state index contributed by atoms with van der Waals surface area (Å²) in [6.07, 6.45) is 0. The molecule has 8 heteroatoms. The van der Waals surface area contributed by atoms with Gasteiger partial charge in [-0.05, 0) is 44.2 Å². The molecular formula is C22H19FN4OS2. The number of aromatic nitrogens is 3. The normalized spacial score (nSPS) is 10.9. The topological polar surface area (TPSA) is 59.8 Å². The second-order valence-corrected chi connectivity index (χ2v) is 8.85. The molecule has 0 aliphatic carbocycles. The fourth-order valence-corrected chi connectivity index (χ4v) is 4.87. The van der Waals surface area contributed by atoms with E-state index in [0.717, 1.165) is 17.1 Å². The van der Waals surface area contributed by atoms with Crippen molar-refractivity contribution in [3.8, 4) is 5.69 Å². The lowest BCUT2D eigenvalue weighted by molar-refractivity contribution is 0.102. The van der Waals surface area contributed by atoms with E-state index in [1.54, 1.807) is 18.2 Å². The van der Waals surface area contributed by atoms with Crippen molar-refractivity contribution in [3.63, 3.8) is 0 Å². The number of carbonyl (C=O) groups is 1. The van der Waals surface area contributed by atoms with Gasteiger partial charge in [-0.2, -0.15) is 0 Å². The molecule has 0 atom stereocenters. The molecule has 0 amide bonds. The molecule has 2 aromatic heterocycles. The number of nitrogens with zero attached hydrogens (tertiary/aromatic N) is 3. The number of benzene rings is 2. The Labute approximate surface area is 182 Å². The predicted octanol–water partition coefficient (Wildman–Crippen LogP) is 5.80. The minimum absolute atomic E-state index is 0.0362. The number of anilines is 2. The number of hydrogen-bond acceptors (Lipinski definition) is 6. The van der Waals surface area contributed by atoms with E-state index >= 15 is 0 Å².